The minimum atomic E-state index is -0.670. The SMILES string of the molecule is CCCCCCCCCCCCCCCCCCC(O)C(CO)NC(=O)CCCCCCCCCCCC/C=C\C=C/CCCCCOC(=O)CCCCCCCCCCCCCC. The smallest absolute Gasteiger partial charge is 0.305 e. The Labute approximate surface area is 399 Å². The van der Waals surface area contributed by atoms with E-state index >= 15 is 0 Å². The average molecular weight is 903 g/mol. The number of carbonyl (C=O) groups excluding carboxylic acids is 2. The van der Waals surface area contributed by atoms with E-state index in [9.17, 15) is 19.8 Å². The molecule has 6 nitrogen and oxygen atoms in total. The molecule has 0 aliphatic carbocycles. The maximum atomic E-state index is 12.5. The fourth-order valence-electron chi connectivity index (χ4n) is 8.87. The molecule has 0 saturated carbocycles. The first-order valence-corrected chi connectivity index (χ1v) is 28.6. The van der Waals surface area contributed by atoms with Crippen LogP contribution in [0.4, 0.5) is 0 Å². The molecule has 2 unspecified atom stereocenters. The van der Waals surface area contributed by atoms with Crippen molar-refractivity contribution < 1.29 is 24.5 Å². The third kappa shape index (κ3) is 49.8. The van der Waals surface area contributed by atoms with Crippen molar-refractivity contribution in [3.8, 4) is 0 Å². The maximum Gasteiger partial charge on any atom is 0.305 e. The van der Waals surface area contributed by atoms with Crippen LogP contribution < -0.4 is 5.32 Å². The number of carbonyl (C=O) groups is 2. The molecule has 3 N–H and O–H groups in total. The van der Waals surface area contributed by atoms with E-state index in [1.54, 1.807) is 0 Å². The highest BCUT2D eigenvalue weighted by molar-refractivity contribution is 5.76. The van der Waals surface area contributed by atoms with Gasteiger partial charge in [0, 0.05) is 12.8 Å². The van der Waals surface area contributed by atoms with Crippen molar-refractivity contribution in [2.45, 2.75) is 321 Å². The van der Waals surface area contributed by atoms with Gasteiger partial charge < -0.3 is 20.3 Å². The molecule has 0 bridgehead atoms. The van der Waals surface area contributed by atoms with Gasteiger partial charge in [0.15, 0.2) is 0 Å². The predicted molar refractivity (Wildman–Crippen MR) is 278 cm³/mol. The molecule has 0 rings (SSSR count). The summed E-state index contributed by atoms with van der Waals surface area (Å²) in [6, 6.07) is -0.549. The fraction of sp³-hybridized carbons (Fsp3) is 0.897. The van der Waals surface area contributed by atoms with Gasteiger partial charge in [0.1, 0.15) is 0 Å². The molecule has 0 fully saturated rings. The van der Waals surface area contributed by atoms with Gasteiger partial charge in [-0.3, -0.25) is 9.59 Å². The second-order valence-electron chi connectivity index (χ2n) is 19.7. The van der Waals surface area contributed by atoms with Crippen LogP contribution in [0.2, 0.25) is 0 Å². The van der Waals surface area contributed by atoms with Crippen molar-refractivity contribution in [1.82, 2.24) is 5.32 Å². The summed E-state index contributed by atoms with van der Waals surface area (Å²) in [5, 5.41) is 23.3. The maximum absolute atomic E-state index is 12.5. The lowest BCUT2D eigenvalue weighted by atomic mass is 10.0. The number of ether oxygens (including phenoxy) is 1. The lowest BCUT2D eigenvalue weighted by Crippen LogP contribution is -2.45. The molecule has 6 heteroatoms. The summed E-state index contributed by atoms with van der Waals surface area (Å²) in [5.74, 6) is -0.0556. The standard InChI is InChI=1S/C58H111NO5/c1-3-5-7-9-11-13-15-17-18-24-27-30-34-38-42-46-50-56(61)55(54-60)59-57(62)51-47-43-39-35-31-28-25-22-20-19-21-23-26-29-33-37-41-45-49-53-64-58(63)52-48-44-40-36-32-16-14-12-10-8-6-4-2/h23,26,29,33,55-56,60-61H,3-22,24-25,27-28,30-32,34-54H2,1-2H3,(H,59,62)/b26-23-,33-29-. The number of nitrogens with one attached hydrogen (secondary N) is 1. The van der Waals surface area contributed by atoms with Crippen molar-refractivity contribution in [1.29, 1.82) is 0 Å². The fourth-order valence-corrected chi connectivity index (χ4v) is 8.87. The summed E-state index contributed by atoms with van der Waals surface area (Å²) in [6.45, 7) is 4.92. The Kier molecular flexibility index (Phi) is 52.6. The molecule has 0 radical (unpaired) electrons. The summed E-state index contributed by atoms with van der Waals surface area (Å²) < 4.78 is 5.44. The number of allylic oxidation sites excluding steroid dienone is 4. The molecule has 0 spiro atoms. The Morgan fingerprint density at radius 3 is 1.16 bits per heavy atom. The van der Waals surface area contributed by atoms with Gasteiger partial charge in [-0.1, -0.05) is 263 Å². The van der Waals surface area contributed by atoms with Gasteiger partial charge in [-0.25, -0.2) is 0 Å². The van der Waals surface area contributed by atoms with E-state index in [2.05, 4.69) is 43.5 Å². The van der Waals surface area contributed by atoms with Crippen molar-refractivity contribution in [3.05, 3.63) is 24.3 Å². The minimum absolute atomic E-state index is 0.0125. The number of hydrogen-bond donors (Lipinski definition) is 3. The van der Waals surface area contributed by atoms with Crippen molar-refractivity contribution in [2.24, 2.45) is 0 Å². The number of esters is 1. The van der Waals surface area contributed by atoms with Gasteiger partial charge in [0.2, 0.25) is 5.91 Å². The normalized spacial score (nSPS) is 12.8. The lowest BCUT2D eigenvalue weighted by molar-refractivity contribution is -0.143. The number of rotatable bonds is 53. The van der Waals surface area contributed by atoms with Gasteiger partial charge in [-0.2, -0.15) is 0 Å². The molecule has 0 aromatic heterocycles. The highest BCUT2D eigenvalue weighted by Gasteiger charge is 2.20. The van der Waals surface area contributed by atoms with Gasteiger partial charge in [-0.05, 0) is 57.8 Å². The topological polar surface area (TPSA) is 95.9 Å². The first-order chi connectivity index (χ1) is 31.5. The van der Waals surface area contributed by atoms with Crippen LogP contribution in [0.15, 0.2) is 24.3 Å². The first kappa shape index (κ1) is 62.3. The number of unbranched alkanes of at least 4 members (excludes halogenated alkanes) is 39. The van der Waals surface area contributed by atoms with Crippen LogP contribution in [0.5, 0.6) is 0 Å². The number of hydrogen-bond acceptors (Lipinski definition) is 5. The Morgan fingerprint density at radius 1 is 0.438 bits per heavy atom. The summed E-state index contributed by atoms with van der Waals surface area (Å²) >= 11 is 0. The zero-order valence-corrected chi connectivity index (χ0v) is 43.0. The second kappa shape index (κ2) is 54.0. The minimum Gasteiger partial charge on any atom is -0.466 e. The summed E-state index contributed by atoms with van der Waals surface area (Å²) in [6.07, 6.45) is 64.5. The van der Waals surface area contributed by atoms with Crippen LogP contribution in [0, 0.1) is 0 Å². The van der Waals surface area contributed by atoms with Crippen LogP contribution >= 0.6 is 0 Å². The molecule has 378 valence electrons. The molecule has 1 amide bonds. The number of aliphatic hydroxyl groups is 2. The van der Waals surface area contributed by atoms with Gasteiger partial charge in [-0.15, -0.1) is 0 Å². The van der Waals surface area contributed by atoms with Gasteiger partial charge >= 0.3 is 5.97 Å². The van der Waals surface area contributed by atoms with E-state index in [-0.39, 0.29) is 18.5 Å². The summed E-state index contributed by atoms with van der Waals surface area (Å²) in [5.41, 5.74) is 0. The largest absolute Gasteiger partial charge is 0.466 e. The van der Waals surface area contributed by atoms with Crippen LogP contribution in [-0.2, 0) is 14.3 Å². The van der Waals surface area contributed by atoms with Crippen LogP contribution in [0.25, 0.3) is 0 Å². The number of amides is 1. The third-order valence-corrected chi connectivity index (χ3v) is 13.3. The van der Waals surface area contributed by atoms with Crippen LogP contribution in [0.3, 0.4) is 0 Å². The lowest BCUT2D eigenvalue weighted by Gasteiger charge is -2.22. The Bertz CT molecular complexity index is 997. The summed E-state index contributed by atoms with van der Waals surface area (Å²) in [7, 11) is 0. The zero-order valence-electron chi connectivity index (χ0n) is 43.0. The van der Waals surface area contributed by atoms with E-state index in [1.807, 2.05) is 0 Å². The first-order valence-electron chi connectivity index (χ1n) is 28.6. The van der Waals surface area contributed by atoms with E-state index in [0.29, 0.717) is 25.9 Å². The molecule has 0 saturated heterocycles. The van der Waals surface area contributed by atoms with Gasteiger partial charge in [0.25, 0.3) is 0 Å². The third-order valence-electron chi connectivity index (χ3n) is 13.3. The van der Waals surface area contributed by atoms with E-state index in [0.717, 1.165) is 70.6 Å². The molecule has 64 heavy (non-hydrogen) atoms. The monoisotopic (exact) mass is 902 g/mol. The van der Waals surface area contributed by atoms with E-state index < -0.39 is 12.1 Å². The molecule has 0 aliphatic heterocycles. The molecule has 2 atom stereocenters. The van der Waals surface area contributed by atoms with Crippen molar-refractivity contribution in [3.63, 3.8) is 0 Å². The van der Waals surface area contributed by atoms with Crippen LogP contribution in [0.1, 0.15) is 309 Å². The van der Waals surface area contributed by atoms with Crippen molar-refractivity contribution >= 4 is 11.9 Å². The van der Waals surface area contributed by atoms with Crippen molar-refractivity contribution in [2.75, 3.05) is 13.2 Å². The molecule has 0 aromatic carbocycles. The Morgan fingerprint density at radius 2 is 0.766 bits per heavy atom. The van der Waals surface area contributed by atoms with E-state index in [4.69, 9.17) is 4.74 Å². The number of aliphatic hydroxyl groups excluding tert-OH is 2. The Balaban J connectivity index is 3.48. The van der Waals surface area contributed by atoms with Gasteiger partial charge in [0.05, 0.1) is 25.4 Å². The highest BCUT2D eigenvalue weighted by Crippen LogP contribution is 2.17. The highest BCUT2D eigenvalue weighted by atomic mass is 16.5. The molecule has 0 aliphatic rings. The van der Waals surface area contributed by atoms with E-state index in [1.165, 1.54) is 205 Å². The zero-order chi connectivity index (χ0) is 46.5. The average Bonchev–Trinajstić information content (AvgIpc) is 3.29. The second-order valence-corrected chi connectivity index (χ2v) is 19.7. The Hall–Kier alpha value is -1.66. The quantitative estimate of drug-likeness (QED) is 0.0321. The molecular formula is C58H111NO5. The predicted octanol–water partition coefficient (Wildman–Crippen LogP) is 17.5. The van der Waals surface area contributed by atoms with Crippen LogP contribution in [-0.4, -0.2) is 47.4 Å². The molecule has 0 aromatic rings. The molecular weight excluding hydrogens is 791 g/mol. The molecule has 0 heterocycles. The summed E-state index contributed by atoms with van der Waals surface area (Å²) in [4.78, 5) is 24.5.